The maximum atomic E-state index is 11.1. The second-order valence-corrected chi connectivity index (χ2v) is 2.51. The Balaban J connectivity index is 3.04. The molecule has 12 heavy (non-hydrogen) atoms. The summed E-state index contributed by atoms with van der Waals surface area (Å²) in [7, 11) is 1.35. The van der Waals surface area contributed by atoms with Crippen molar-refractivity contribution in [3.8, 4) is 0 Å². The normalized spacial score (nSPS) is 9.92. The van der Waals surface area contributed by atoms with Gasteiger partial charge in [0.05, 0.1) is 18.5 Å². The molecular formula is C8H12N2O2. The van der Waals surface area contributed by atoms with Crippen molar-refractivity contribution in [3.05, 3.63) is 17.5 Å². The van der Waals surface area contributed by atoms with E-state index in [0.717, 1.165) is 17.8 Å². The highest BCUT2D eigenvalue weighted by Gasteiger charge is 2.10. The number of carbonyl (C=O) groups excluding carboxylic acids is 1. The van der Waals surface area contributed by atoms with Gasteiger partial charge in [-0.25, -0.2) is 4.79 Å². The molecule has 0 saturated heterocycles. The van der Waals surface area contributed by atoms with Crippen LogP contribution in [0.5, 0.6) is 0 Å². The zero-order chi connectivity index (χ0) is 9.14. The van der Waals surface area contributed by atoms with Crippen molar-refractivity contribution in [2.24, 2.45) is 0 Å². The van der Waals surface area contributed by atoms with E-state index in [-0.39, 0.29) is 0 Å². The van der Waals surface area contributed by atoms with Gasteiger partial charge in [-0.05, 0) is 19.4 Å². The average molecular weight is 168 g/mol. The monoisotopic (exact) mass is 168 g/mol. The van der Waals surface area contributed by atoms with E-state index in [1.165, 1.54) is 11.8 Å². The van der Waals surface area contributed by atoms with Gasteiger partial charge in [-0.1, -0.05) is 6.92 Å². The van der Waals surface area contributed by atoms with Crippen molar-refractivity contribution in [2.45, 2.75) is 20.3 Å². The van der Waals surface area contributed by atoms with E-state index in [0.29, 0.717) is 0 Å². The van der Waals surface area contributed by atoms with E-state index in [1.54, 1.807) is 0 Å². The molecule has 0 unspecified atom stereocenters. The SMILES string of the molecule is CCc1cc(C)nn1C(=O)OC. The lowest BCUT2D eigenvalue weighted by molar-refractivity contribution is 0.168. The Morgan fingerprint density at radius 1 is 1.75 bits per heavy atom. The van der Waals surface area contributed by atoms with Crippen LogP contribution in [0.1, 0.15) is 18.3 Å². The van der Waals surface area contributed by atoms with Gasteiger partial charge in [-0.3, -0.25) is 0 Å². The van der Waals surface area contributed by atoms with E-state index in [2.05, 4.69) is 9.84 Å². The molecule has 0 fully saturated rings. The number of carbonyl (C=O) groups is 1. The van der Waals surface area contributed by atoms with Gasteiger partial charge in [-0.15, -0.1) is 0 Å². The first-order chi connectivity index (χ1) is 5.69. The Kier molecular flexibility index (Phi) is 2.47. The molecule has 0 aliphatic heterocycles. The van der Waals surface area contributed by atoms with Gasteiger partial charge < -0.3 is 4.74 Å². The predicted octanol–water partition coefficient (Wildman–Crippen LogP) is 1.37. The summed E-state index contributed by atoms with van der Waals surface area (Å²) in [6, 6.07) is 1.87. The number of hydrogen-bond donors (Lipinski definition) is 0. The summed E-state index contributed by atoms with van der Waals surface area (Å²) in [5, 5.41) is 3.99. The van der Waals surface area contributed by atoms with Crippen LogP contribution in [0.4, 0.5) is 4.79 Å². The lowest BCUT2D eigenvalue weighted by atomic mass is 10.3. The molecule has 0 aromatic carbocycles. The van der Waals surface area contributed by atoms with Gasteiger partial charge in [0.1, 0.15) is 0 Å². The standard InChI is InChI=1S/C8H12N2O2/c1-4-7-5-6(2)9-10(7)8(11)12-3/h5H,4H2,1-3H3. The summed E-state index contributed by atoms with van der Waals surface area (Å²) in [5.74, 6) is 0. The Labute approximate surface area is 71.1 Å². The summed E-state index contributed by atoms with van der Waals surface area (Å²) >= 11 is 0. The molecule has 1 heterocycles. The molecule has 0 saturated carbocycles. The van der Waals surface area contributed by atoms with Gasteiger partial charge in [0.2, 0.25) is 0 Å². The first kappa shape index (κ1) is 8.77. The largest absolute Gasteiger partial charge is 0.451 e. The second-order valence-electron chi connectivity index (χ2n) is 2.51. The lowest BCUT2D eigenvalue weighted by Crippen LogP contribution is -2.15. The third kappa shape index (κ3) is 1.47. The fourth-order valence-corrected chi connectivity index (χ4v) is 1.05. The molecule has 4 heteroatoms. The molecule has 0 bridgehead atoms. The quantitative estimate of drug-likeness (QED) is 0.636. The van der Waals surface area contributed by atoms with Gasteiger partial charge in [0.25, 0.3) is 0 Å². The van der Waals surface area contributed by atoms with E-state index in [1.807, 2.05) is 19.9 Å². The number of nitrogens with zero attached hydrogens (tertiary/aromatic N) is 2. The molecule has 4 nitrogen and oxygen atoms in total. The Morgan fingerprint density at radius 3 is 2.92 bits per heavy atom. The molecule has 66 valence electrons. The molecule has 1 aromatic rings. The highest BCUT2D eigenvalue weighted by molar-refractivity contribution is 5.70. The lowest BCUT2D eigenvalue weighted by Gasteiger charge is -2.00. The first-order valence-electron chi connectivity index (χ1n) is 3.83. The Hall–Kier alpha value is -1.32. The van der Waals surface area contributed by atoms with Crippen LogP contribution in [0.25, 0.3) is 0 Å². The predicted molar refractivity (Wildman–Crippen MR) is 44.1 cm³/mol. The number of methoxy groups -OCH3 is 1. The van der Waals surface area contributed by atoms with E-state index < -0.39 is 6.09 Å². The fourth-order valence-electron chi connectivity index (χ4n) is 1.05. The van der Waals surface area contributed by atoms with E-state index in [9.17, 15) is 4.79 Å². The molecule has 0 aliphatic rings. The average Bonchev–Trinajstić information content (AvgIpc) is 2.45. The van der Waals surface area contributed by atoms with Crippen molar-refractivity contribution in [3.63, 3.8) is 0 Å². The van der Waals surface area contributed by atoms with Crippen molar-refractivity contribution >= 4 is 6.09 Å². The first-order valence-corrected chi connectivity index (χ1v) is 3.83. The molecule has 0 N–H and O–H groups in total. The number of aryl methyl sites for hydroxylation is 2. The molecule has 0 atom stereocenters. The maximum Gasteiger partial charge on any atom is 0.434 e. The summed E-state index contributed by atoms with van der Waals surface area (Å²) in [6.07, 6.45) is 0.343. The molecule has 1 aromatic heterocycles. The highest BCUT2D eigenvalue weighted by Crippen LogP contribution is 2.04. The van der Waals surface area contributed by atoms with Crippen LogP contribution in [0, 0.1) is 6.92 Å². The number of rotatable bonds is 1. The minimum Gasteiger partial charge on any atom is -0.451 e. The minimum absolute atomic E-state index is 0.431. The van der Waals surface area contributed by atoms with Gasteiger partial charge in [-0.2, -0.15) is 9.78 Å². The van der Waals surface area contributed by atoms with Gasteiger partial charge >= 0.3 is 6.09 Å². The van der Waals surface area contributed by atoms with Crippen LogP contribution >= 0.6 is 0 Å². The van der Waals surface area contributed by atoms with E-state index >= 15 is 0 Å². The third-order valence-corrected chi connectivity index (χ3v) is 1.62. The molecule has 1 rings (SSSR count). The number of aromatic nitrogens is 2. The van der Waals surface area contributed by atoms with Crippen molar-refractivity contribution in [1.29, 1.82) is 0 Å². The van der Waals surface area contributed by atoms with Gasteiger partial charge in [0, 0.05) is 0 Å². The molecule has 0 amide bonds. The Morgan fingerprint density at radius 2 is 2.42 bits per heavy atom. The molecule has 0 radical (unpaired) electrons. The fraction of sp³-hybridized carbons (Fsp3) is 0.500. The Bertz CT molecular complexity index is 291. The van der Waals surface area contributed by atoms with Crippen LogP contribution in [0.3, 0.4) is 0 Å². The van der Waals surface area contributed by atoms with Crippen LogP contribution in [0.15, 0.2) is 6.07 Å². The second kappa shape index (κ2) is 3.38. The van der Waals surface area contributed by atoms with Crippen molar-refractivity contribution in [1.82, 2.24) is 9.78 Å². The molecule has 0 aliphatic carbocycles. The van der Waals surface area contributed by atoms with Crippen LogP contribution in [-0.2, 0) is 11.2 Å². The smallest absolute Gasteiger partial charge is 0.434 e. The van der Waals surface area contributed by atoms with Crippen molar-refractivity contribution < 1.29 is 9.53 Å². The maximum absolute atomic E-state index is 11.1. The van der Waals surface area contributed by atoms with Crippen LogP contribution in [-0.4, -0.2) is 23.0 Å². The van der Waals surface area contributed by atoms with E-state index in [4.69, 9.17) is 0 Å². The summed E-state index contributed by atoms with van der Waals surface area (Å²) in [4.78, 5) is 11.1. The molecule has 0 spiro atoms. The van der Waals surface area contributed by atoms with Crippen LogP contribution < -0.4 is 0 Å². The van der Waals surface area contributed by atoms with Crippen LogP contribution in [0.2, 0.25) is 0 Å². The van der Waals surface area contributed by atoms with Crippen molar-refractivity contribution in [2.75, 3.05) is 7.11 Å². The third-order valence-electron chi connectivity index (χ3n) is 1.62. The molecular weight excluding hydrogens is 156 g/mol. The summed E-state index contributed by atoms with van der Waals surface area (Å²) < 4.78 is 5.84. The zero-order valence-corrected chi connectivity index (χ0v) is 7.50. The summed E-state index contributed by atoms with van der Waals surface area (Å²) in [5.41, 5.74) is 1.71. The van der Waals surface area contributed by atoms with Gasteiger partial charge in [0.15, 0.2) is 0 Å². The number of hydrogen-bond acceptors (Lipinski definition) is 3. The topological polar surface area (TPSA) is 44.1 Å². The zero-order valence-electron chi connectivity index (χ0n) is 7.50. The minimum atomic E-state index is -0.431. The highest BCUT2D eigenvalue weighted by atomic mass is 16.5. The summed E-state index contributed by atoms with van der Waals surface area (Å²) in [6.45, 7) is 3.81. The number of ether oxygens (including phenoxy) is 1.